The molecule has 0 fully saturated rings. The van der Waals surface area contributed by atoms with Crippen molar-refractivity contribution in [2.45, 2.75) is 59.2 Å². The monoisotopic (exact) mass is 162 g/mol. The van der Waals surface area contributed by atoms with Crippen LogP contribution in [-0.2, 0) is 0 Å². The van der Waals surface area contributed by atoms with Crippen LogP contribution in [0.1, 0.15) is 47.0 Å². The lowest BCUT2D eigenvalue weighted by Gasteiger charge is -2.15. The Labute approximate surface area is 70.3 Å². The molecule has 2 unspecified atom stereocenters. The van der Waals surface area contributed by atoms with E-state index in [-0.39, 0.29) is 7.43 Å². The molecule has 11 heavy (non-hydrogen) atoms. The fourth-order valence-electron chi connectivity index (χ4n) is 0.976. The molecule has 70 valence electrons. The first kappa shape index (κ1) is 13.5. The predicted molar refractivity (Wildman–Crippen MR) is 48.6 cm³/mol. The van der Waals surface area contributed by atoms with Gasteiger partial charge in [-0.2, -0.15) is 0 Å². The van der Waals surface area contributed by atoms with Gasteiger partial charge in [0, 0.05) is 0 Å². The summed E-state index contributed by atoms with van der Waals surface area (Å²) in [4.78, 5) is 0. The van der Waals surface area contributed by atoms with Gasteiger partial charge in [-0.25, -0.2) is 0 Å². The van der Waals surface area contributed by atoms with Crippen molar-refractivity contribution in [3.05, 3.63) is 0 Å². The highest BCUT2D eigenvalue weighted by Crippen LogP contribution is 2.06. The zero-order valence-electron chi connectivity index (χ0n) is 6.88. The van der Waals surface area contributed by atoms with E-state index in [1.54, 1.807) is 0 Å². The quantitative estimate of drug-likeness (QED) is 0.648. The molecule has 0 aromatic carbocycles. The molecule has 0 heterocycles. The van der Waals surface area contributed by atoms with E-state index in [9.17, 15) is 10.2 Å². The van der Waals surface area contributed by atoms with Gasteiger partial charge < -0.3 is 10.2 Å². The molecule has 2 nitrogen and oxygen atoms in total. The van der Waals surface area contributed by atoms with Gasteiger partial charge in [-0.3, -0.25) is 0 Å². The summed E-state index contributed by atoms with van der Waals surface area (Å²) < 4.78 is 0. The maximum Gasteiger partial charge on any atom is 0.0799 e. The van der Waals surface area contributed by atoms with Gasteiger partial charge in [-0.05, 0) is 12.8 Å². The molecule has 2 N–H and O–H groups in total. The average molecular weight is 162 g/mol. The minimum atomic E-state index is -0.509. The molecule has 0 aliphatic rings. The van der Waals surface area contributed by atoms with Crippen LogP contribution >= 0.6 is 0 Å². The molecule has 0 aliphatic carbocycles. The molecule has 0 saturated heterocycles. The number of hydrogen-bond acceptors (Lipinski definition) is 2. The average Bonchev–Trinajstić information content (AvgIpc) is 1.89. The zero-order chi connectivity index (χ0) is 7.98. The van der Waals surface area contributed by atoms with E-state index in [0.717, 1.165) is 12.8 Å². The lowest BCUT2D eigenvalue weighted by atomic mass is 10.1. The summed E-state index contributed by atoms with van der Waals surface area (Å²) in [5.74, 6) is 0. The molecule has 2 atom stereocenters. The van der Waals surface area contributed by atoms with Crippen molar-refractivity contribution in [1.82, 2.24) is 0 Å². The highest BCUT2D eigenvalue weighted by molar-refractivity contribution is 4.65. The molecule has 0 bridgehead atoms. The minimum absolute atomic E-state index is 0. The molecule has 0 aromatic rings. The predicted octanol–water partition coefficient (Wildman–Crippen LogP) is 1.94. The van der Waals surface area contributed by atoms with Gasteiger partial charge in [0.15, 0.2) is 0 Å². The molecule has 0 aromatic heterocycles. The Morgan fingerprint density at radius 1 is 0.909 bits per heavy atom. The third-order valence-electron chi connectivity index (χ3n) is 1.61. The summed E-state index contributed by atoms with van der Waals surface area (Å²) in [6, 6.07) is 0. The molecule has 0 aliphatic heterocycles. The van der Waals surface area contributed by atoms with Crippen LogP contribution in [0.2, 0.25) is 0 Å². The summed E-state index contributed by atoms with van der Waals surface area (Å²) in [5.41, 5.74) is 0. The Hall–Kier alpha value is -0.0800. The third-order valence-corrected chi connectivity index (χ3v) is 1.61. The maximum absolute atomic E-state index is 9.20. The maximum atomic E-state index is 9.20. The number of hydrogen-bond donors (Lipinski definition) is 2. The van der Waals surface area contributed by atoms with E-state index in [4.69, 9.17) is 0 Å². The van der Waals surface area contributed by atoms with E-state index in [2.05, 4.69) is 0 Å². The third kappa shape index (κ3) is 6.32. The van der Waals surface area contributed by atoms with Crippen molar-refractivity contribution in [1.29, 1.82) is 0 Å². The Kier molecular flexibility index (Phi) is 9.85. The van der Waals surface area contributed by atoms with Crippen LogP contribution in [0, 0.1) is 0 Å². The van der Waals surface area contributed by atoms with Crippen LogP contribution in [0.3, 0.4) is 0 Å². The van der Waals surface area contributed by atoms with Gasteiger partial charge in [0.25, 0.3) is 0 Å². The van der Waals surface area contributed by atoms with Crippen LogP contribution in [0.4, 0.5) is 0 Å². The zero-order valence-corrected chi connectivity index (χ0v) is 6.88. The van der Waals surface area contributed by atoms with E-state index in [1.807, 2.05) is 13.8 Å². The lowest BCUT2D eigenvalue weighted by molar-refractivity contribution is 0.00923. The van der Waals surface area contributed by atoms with E-state index < -0.39 is 12.2 Å². The van der Waals surface area contributed by atoms with Crippen molar-refractivity contribution < 1.29 is 10.2 Å². The van der Waals surface area contributed by atoms with Gasteiger partial charge in [-0.15, -0.1) is 0 Å². The van der Waals surface area contributed by atoms with E-state index in [0.29, 0.717) is 12.8 Å². The van der Waals surface area contributed by atoms with Gasteiger partial charge in [0.05, 0.1) is 12.2 Å². The van der Waals surface area contributed by atoms with Crippen molar-refractivity contribution in [2.24, 2.45) is 0 Å². The molecular weight excluding hydrogens is 140 g/mol. The molecular formula is C9H22O2. The van der Waals surface area contributed by atoms with Crippen molar-refractivity contribution in [3.8, 4) is 0 Å². The SMILES string of the molecule is C.CCCC(O)C(O)CCC. The normalized spacial score (nSPS) is 15.3. The standard InChI is InChI=1S/C8H18O2.CH4/c1-3-5-7(9)8(10)6-4-2;/h7-10H,3-6H2,1-2H3;1H4. The first-order chi connectivity index (χ1) is 4.72. The topological polar surface area (TPSA) is 40.5 Å². The summed E-state index contributed by atoms with van der Waals surface area (Å²) in [6.45, 7) is 4.00. The summed E-state index contributed by atoms with van der Waals surface area (Å²) in [6.07, 6.45) is 2.27. The second kappa shape index (κ2) is 8.02. The van der Waals surface area contributed by atoms with Gasteiger partial charge in [0.1, 0.15) is 0 Å². The number of aliphatic hydroxyl groups excluding tert-OH is 2. The molecule has 0 rings (SSSR count). The Bertz CT molecular complexity index is 64.0. The smallest absolute Gasteiger partial charge is 0.0799 e. The Balaban J connectivity index is 0. The molecule has 0 spiro atoms. The second-order valence-electron chi connectivity index (χ2n) is 2.71. The van der Waals surface area contributed by atoms with Crippen LogP contribution in [0.15, 0.2) is 0 Å². The summed E-state index contributed by atoms with van der Waals surface area (Å²) >= 11 is 0. The van der Waals surface area contributed by atoms with Crippen molar-refractivity contribution in [2.75, 3.05) is 0 Å². The second-order valence-corrected chi connectivity index (χ2v) is 2.71. The summed E-state index contributed by atoms with van der Waals surface area (Å²) in [7, 11) is 0. The van der Waals surface area contributed by atoms with Crippen molar-refractivity contribution >= 4 is 0 Å². The van der Waals surface area contributed by atoms with E-state index in [1.165, 1.54) is 0 Å². The number of rotatable bonds is 5. The number of aliphatic hydroxyl groups is 2. The fourth-order valence-corrected chi connectivity index (χ4v) is 0.976. The first-order valence-corrected chi connectivity index (χ1v) is 4.08. The molecule has 2 heteroatoms. The van der Waals surface area contributed by atoms with E-state index >= 15 is 0 Å². The van der Waals surface area contributed by atoms with Crippen LogP contribution in [-0.4, -0.2) is 22.4 Å². The van der Waals surface area contributed by atoms with Crippen molar-refractivity contribution in [3.63, 3.8) is 0 Å². The highest BCUT2D eigenvalue weighted by Gasteiger charge is 2.12. The minimum Gasteiger partial charge on any atom is -0.390 e. The Morgan fingerprint density at radius 3 is 1.36 bits per heavy atom. The van der Waals surface area contributed by atoms with Crippen LogP contribution in [0.25, 0.3) is 0 Å². The van der Waals surface area contributed by atoms with Gasteiger partial charge in [-0.1, -0.05) is 34.1 Å². The Morgan fingerprint density at radius 2 is 1.18 bits per heavy atom. The van der Waals surface area contributed by atoms with Crippen LogP contribution in [0.5, 0.6) is 0 Å². The summed E-state index contributed by atoms with van der Waals surface area (Å²) in [5, 5.41) is 18.4. The van der Waals surface area contributed by atoms with Gasteiger partial charge in [0.2, 0.25) is 0 Å². The molecule has 0 saturated carbocycles. The fraction of sp³-hybridized carbons (Fsp3) is 1.00. The molecule has 0 amide bonds. The first-order valence-electron chi connectivity index (χ1n) is 4.08. The largest absolute Gasteiger partial charge is 0.390 e. The van der Waals surface area contributed by atoms with Gasteiger partial charge >= 0.3 is 0 Å². The molecule has 0 radical (unpaired) electrons. The van der Waals surface area contributed by atoms with Crippen LogP contribution < -0.4 is 0 Å². The highest BCUT2D eigenvalue weighted by atomic mass is 16.3. The lowest BCUT2D eigenvalue weighted by Crippen LogP contribution is -2.25.